The van der Waals surface area contributed by atoms with Crippen LogP contribution in [-0.4, -0.2) is 38.0 Å². The Kier molecular flexibility index (Phi) is 5.26. The van der Waals surface area contributed by atoms with E-state index in [1.165, 1.54) is 6.33 Å². The number of carbonyl (C=O) groups is 1. The summed E-state index contributed by atoms with van der Waals surface area (Å²) in [5.74, 6) is 0.566. The molecular formula is C20H17ClN6O2. The molecule has 4 aromatic rings. The van der Waals surface area contributed by atoms with Gasteiger partial charge in [-0.05, 0) is 42.0 Å². The van der Waals surface area contributed by atoms with Gasteiger partial charge in [-0.25, -0.2) is 9.67 Å². The lowest BCUT2D eigenvalue weighted by molar-refractivity contribution is 0.102. The highest BCUT2D eigenvalue weighted by molar-refractivity contribution is 6.31. The van der Waals surface area contributed by atoms with E-state index in [4.69, 9.17) is 16.3 Å². The number of halogens is 1. The number of nitrogens with zero attached hydrogens (tertiary/aromatic N) is 4. The molecule has 9 heteroatoms. The van der Waals surface area contributed by atoms with Crippen LogP contribution < -0.4 is 10.1 Å². The second-order valence-electron chi connectivity index (χ2n) is 6.21. The Hall–Kier alpha value is -3.65. The fourth-order valence-corrected chi connectivity index (χ4v) is 2.94. The summed E-state index contributed by atoms with van der Waals surface area (Å²) < 4.78 is 6.75. The van der Waals surface area contributed by atoms with E-state index >= 15 is 0 Å². The number of aromatic nitrogens is 5. The highest BCUT2D eigenvalue weighted by atomic mass is 35.5. The van der Waals surface area contributed by atoms with Crippen LogP contribution in [0.2, 0.25) is 5.02 Å². The second-order valence-corrected chi connectivity index (χ2v) is 6.61. The van der Waals surface area contributed by atoms with Crippen LogP contribution in [0.25, 0.3) is 11.3 Å². The fraction of sp³-hybridized carbons (Fsp3) is 0.100. The third-order valence-electron chi connectivity index (χ3n) is 4.26. The maximum atomic E-state index is 12.5. The van der Waals surface area contributed by atoms with E-state index < -0.39 is 0 Å². The minimum absolute atomic E-state index is 0.197. The number of nitrogens with one attached hydrogen (secondary N) is 2. The van der Waals surface area contributed by atoms with Gasteiger partial charge in [0, 0.05) is 10.6 Å². The number of hydrogen-bond acceptors (Lipinski definition) is 5. The molecule has 8 nitrogen and oxygen atoms in total. The Balaban J connectivity index is 1.43. The highest BCUT2D eigenvalue weighted by Gasteiger charge is 2.14. The van der Waals surface area contributed by atoms with E-state index in [0.717, 1.165) is 16.9 Å². The number of methoxy groups -OCH3 is 1. The van der Waals surface area contributed by atoms with Gasteiger partial charge in [0.25, 0.3) is 5.91 Å². The first-order valence-electron chi connectivity index (χ1n) is 8.76. The summed E-state index contributed by atoms with van der Waals surface area (Å²) in [5, 5.41) is 14.5. The molecule has 0 unspecified atom stereocenters. The van der Waals surface area contributed by atoms with Crippen molar-refractivity contribution >= 4 is 23.5 Å². The largest absolute Gasteiger partial charge is 0.497 e. The summed E-state index contributed by atoms with van der Waals surface area (Å²) in [7, 11) is 1.61. The normalized spacial score (nSPS) is 10.7. The van der Waals surface area contributed by atoms with Crippen molar-refractivity contribution < 1.29 is 9.53 Å². The summed E-state index contributed by atoms with van der Waals surface area (Å²) >= 11 is 6.17. The summed E-state index contributed by atoms with van der Waals surface area (Å²) in [4.78, 5) is 16.6. The lowest BCUT2D eigenvalue weighted by Crippen LogP contribution is -2.14. The van der Waals surface area contributed by atoms with Crippen LogP contribution in [0.1, 0.15) is 16.1 Å². The maximum Gasteiger partial charge on any atom is 0.276 e. The number of benzene rings is 2. The van der Waals surface area contributed by atoms with Crippen LogP contribution in [0.4, 0.5) is 5.95 Å². The number of anilines is 1. The van der Waals surface area contributed by atoms with Crippen LogP contribution in [0.5, 0.6) is 5.75 Å². The first-order valence-corrected chi connectivity index (χ1v) is 9.14. The minimum atomic E-state index is -0.382. The van der Waals surface area contributed by atoms with Crippen LogP contribution in [0, 0.1) is 0 Å². The molecule has 0 spiro atoms. The molecule has 4 rings (SSSR count). The molecule has 2 heterocycles. The van der Waals surface area contributed by atoms with Gasteiger partial charge in [-0.2, -0.15) is 5.10 Å². The summed E-state index contributed by atoms with van der Waals surface area (Å²) in [6.07, 6.45) is 1.54. The summed E-state index contributed by atoms with van der Waals surface area (Å²) in [6, 6.07) is 16.6. The zero-order chi connectivity index (χ0) is 20.2. The van der Waals surface area contributed by atoms with Crippen molar-refractivity contribution in [1.29, 1.82) is 0 Å². The standard InChI is InChI=1S/C20H17ClN6O2/c1-29-15-8-6-13(7-9-15)17-10-18(25-24-17)19(28)23-20-22-12-27(26-20)11-14-4-2-3-5-16(14)21/h2-10,12H,11H2,1H3,(H,24,25)(H,23,26,28). The number of carbonyl (C=O) groups excluding carboxylic acids is 1. The van der Waals surface area contributed by atoms with Crippen molar-refractivity contribution in [2.24, 2.45) is 0 Å². The molecule has 2 N–H and O–H groups in total. The van der Waals surface area contributed by atoms with E-state index in [0.29, 0.717) is 23.0 Å². The average Bonchev–Trinajstić information content (AvgIpc) is 3.40. The van der Waals surface area contributed by atoms with Crippen molar-refractivity contribution in [3.05, 3.63) is 77.2 Å². The molecule has 146 valence electrons. The molecule has 0 aliphatic heterocycles. The molecular weight excluding hydrogens is 392 g/mol. The van der Waals surface area contributed by atoms with E-state index in [9.17, 15) is 4.79 Å². The fourth-order valence-electron chi connectivity index (χ4n) is 2.75. The van der Waals surface area contributed by atoms with Gasteiger partial charge >= 0.3 is 0 Å². The van der Waals surface area contributed by atoms with Crippen LogP contribution in [-0.2, 0) is 6.54 Å². The molecule has 0 bridgehead atoms. The van der Waals surface area contributed by atoms with Gasteiger partial charge in [-0.1, -0.05) is 29.8 Å². The van der Waals surface area contributed by atoms with E-state index in [1.807, 2.05) is 48.5 Å². The monoisotopic (exact) mass is 408 g/mol. The SMILES string of the molecule is COc1ccc(-c2cc(C(=O)Nc3ncn(Cc4ccccc4Cl)n3)[nH]n2)cc1. The predicted octanol–water partition coefficient (Wildman–Crippen LogP) is 3.63. The summed E-state index contributed by atoms with van der Waals surface area (Å²) in [6.45, 7) is 0.453. The number of amides is 1. The number of rotatable bonds is 6. The van der Waals surface area contributed by atoms with Crippen molar-refractivity contribution in [2.45, 2.75) is 6.54 Å². The molecule has 29 heavy (non-hydrogen) atoms. The Morgan fingerprint density at radius 1 is 1.21 bits per heavy atom. The van der Waals surface area contributed by atoms with E-state index in [-0.39, 0.29) is 11.9 Å². The van der Waals surface area contributed by atoms with Gasteiger partial charge < -0.3 is 4.74 Å². The lowest BCUT2D eigenvalue weighted by atomic mass is 10.1. The van der Waals surface area contributed by atoms with Crippen LogP contribution >= 0.6 is 11.6 Å². The first kappa shape index (κ1) is 18.7. The minimum Gasteiger partial charge on any atom is -0.497 e. The number of ether oxygens (including phenoxy) is 1. The number of aromatic amines is 1. The Morgan fingerprint density at radius 3 is 2.76 bits per heavy atom. The molecule has 0 aliphatic rings. The average molecular weight is 409 g/mol. The molecule has 0 atom stereocenters. The lowest BCUT2D eigenvalue weighted by Gasteiger charge is -2.03. The first-order chi connectivity index (χ1) is 14.1. The van der Waals surface area contributed by atoms with Gasteiger partial charge in [-0.3, -0.25) is 15.2 Å². The Labute approximate surface area is 171 Å². The van der Waals surface area contributed by atoms with Crippen molar-refractivity contribution in [3.8, 4) is 17.0 Å². The smallest absolute Gasteiger partial charge is 0.276 e. The number of hydrogen-bond donors (Lipinski definition) is 2. The molecule has 0 saturated heterocycles. The zero-order valence-corrected chi connectivity index (χ0v) is 16.2. The second kappa shape index (κ2) is 8.15. The van der Waals surface area contributed by atoms with Crippen molar-refractivity contribution in [1.82, 2.24) is 25.0 Å². The quantitative estimate of drug-likeness (QED) is 0.507. The maximum absolute atomic E-state index is 12.5. The molecule has 0 aliphatic carbocycles. The van der Waals surface area contributed by atoms with Gasteiger partial charge in [-0.15, -0.1) is 5.10 Å². The Bertz CT molecular complexity index is 1140. The molecule has 2 aromatic heterocycles. The van der Waals surface area contributed by atoms with Gasteiger partial charge in [0.2, 0.25) is 5.95 Å². The molecule has 0 fully saturated rings. The van der Waals surface area contributed by atoms with Gasteiger partial charge in [0.05, 0.1) is 19.3 Å². The molecule has 0 radical (unpaired) electrons. The zero-order valence-electron chi connectivity index (χ0n) is 15.5. The molecule has 0 saturated carbocycles. The van der Waals surface area contributed by atoms with Crippen molar-refractivity contribution in [2.75, 3.05) is 12.4 Å². The van der Waals surface area contributed by atoms with E-state index in [1.54, 1.807) is 17.9 Å². The van der Waals surface area contributed by atoms with Gasteiger partial charge in [0.15, 0.2) is 0 Å². The summed E-state index contributed by atoms with van der Waals surface area (Å²) in [5.41, 5.74) is 2.73. The van der Waals surface area contributed by atoms with E-state index in [2.05, 4.69) is 25.6 Å². The molecule has 2 aromatic carbocycles. The third-order valence-corrected chi connectivity index (χ3v) is 4.63. The Morgan fingerprint density at radius 2 is 2.00 bits per heavy atom. The number of H-pyrrole nitrogens is 1. The van der Waals surface area contributed by atoms with Crippen molar-refractivity contribution in [3.63, 3.8) is 0 Å². The molecule has 1 amide bonds. The van der Waals surface area contributed by atoms with Crippen LogP contribution in [0.3, 0.4) is 0 Å². The predicted molar refractivity (Wildman–Crippen MR) is 109 cm³/mol. The topological polar surface area (TPSA) is 97.7 Å². The van der Waals surface area contributed by atoms with Gasteiger partial charge in [0.1, 0.15) is 17.8 Å². The van der Waals surface area contributed by atoms with Crippen LogP contribution in [0.15, 0.2) is 60.9 Å². The highest BCUT2D eigenvalue weighted by Crippen LogP contribution is 2.21. The third kappa shape index (κ3) is 4.27.